The molecule has 3 N–H and O–H groups in total. The van der Waals surface area contributed by atoms with Crippen LogP contribution in [0.5, 0.6) is 5.75 Å². The molecule has 19 heteroatoms. The predicted molar refractivity (Wildman–Crippen MR) is 237 cm³/mol. The average molecular weight is 911 g/mol. The molecule has 4 heterocycles. The normalized spacial score (nSPS) is 18.3. The molecule has 0 aliphatic carbocycles. The third kappa shape index (κ3) is 11.0. The van der Waals surface area contributed by atoms with Crippen LogP contribution in [-0.2, 0) is 14.3 Å². The van der Waals surface area contributed by atoms with E-state index in [1.165, 1.54) is 19.4 Å². The molecule has 63 heavy (non-hydrogen) atoms. The van der Waals surface area contributed by atoms with Gasteiger partial charge in [0, 0.05) is 66.8 Å². The smallest absolute Gasteiger partial charge is 0.453 e. The van der Waals surface area contributed by atoms with Gasteiger partial charge in [-0.25, -0.2) is 14.8 Å². The third-order valence-corrected chi connectivity index (χ3v) is 14.2. The summed E-state index contributed by atoms with van der Waals surface area (Å²) in [5.41, 5.74) is 1.14. The highest BCUT2D eigenvalue weighted by molar-refractivity contribution is 6.78. The minimum absolute atomic E-state index is 0.0282. The molecule has 2 aromatic heterocycles. The summed E-state index contributed by atoms with van der Waals surface area (Å²) in [6.45, 7) is 17.3. The number of hydrogen-bond donors (Lipinski definition) is 3. The number of methoxy groups -OCH3 is 1. The van der Waals surface area contributed by atoms with Crippen molar-refractivity contribution < 1.29 is 41.8 Å². The average Bonchev–Trinajstić information content (AvgIpc) is 3.84. The van der Waals surface area contributed by atoms with Crippen LogP contribution in [0.4, 0.5) is 29.5 Å². The van der Waals surface area contributed by atoms with Crippen molar-refractivity contribution in [2.45, 2.75) is 85.2 Å². The monoisotopic (exact) mass is 910 g/mol. The summed E-state index contributed by atoms with van der Waals surface area (Å²) >= 11 is 6.61. The fraction of sp³-hybridized carbons (Fsp3) is 0.455. The number of anilines is 2. The molecular weight excluding hydrogens is 857 g/mol. The van der Waals surface area contributed by atoms with Gasteiger partial charge in [-0.05, 0) is 42.6 Å². The molecule has 0 radical (unpaired) electrons. The molecule has 14 nitrogen and oxygen atoms in total. The van der Waals surface area contributed by atoms with E-state index in [2.05, 4.69) is 43.3 Å². The van der Waals surface area contributed by atoms with Crippen LogP contribution >= 0.6 is 11.6 Å². The first-order valence-electron chi connectivity index (χ1n) is 20.7. The highest BCUT2D eigenvalue weighted by atomic mass is 35.5. The highest BCUT2D eigenvalue weighted by Crippen LogP contribution is 2.42. The lowest BCUT2D eigenvalue weighted by atomic mass is 9.94. The Morgan fingerprint density at radius 1 is 1.00 bits per heavy atom. The zero-order valence-electron chi connectivity index (χ0n) is 36.8. The van der Waals surface area contributed by atoms with E-state index >= 15 is 0 Å². The summed E-state index contributed by atoms with van der Waals surface area (Å²) < 4.78 is 50.6. The molecule has 338 valence electrons. The van der Waals surface area contributed by atoms with Gasteiger partial charge in [0.25, 0.3) is 5.91 Å². The van der Waals surface area contributed by atoms with Gasteiger partial charge >= 0.3 is 12.5 Å². The number of pyridine rings is 1. The Morgan fingerprint density at radius 2 is 1.68 bits per heavy atom. The number of halogens is 4. The van der Waals surface area contributed by atoms with Gasteiger partial charge < -0.3 is 39.8 Å². The lowest BCUT2D eigenvalue weighted by Gasteiger charge is -2.42. The SMILES string of the molecule is COC(=O)N[C@H](C(=O)N1C[Si](C)(C)C[C@H]1c1nc(-c2ccc(-c3cc(Cl)c(NC(=O)c4ccc(N5CCN(C(=O)C(C)(C)C)C[C@H]5C)nc4)cc3OC(F)(F)F)cc2)c[nH]1)C(C)C. The lowest BCUT2D eigenvalue weighted by Crippen LogP contribution is -2.56. The van der Waals surface area contributed by atoms with Crippen molar-refractivity contribution in [3.63, 3.8) is 0 Å². The number of amides is 4. The van der Waals surface area contributed by atoms with Gasteiger partial charge in [0.05, 0.1) is 43.2 Å². The Bertz CT molecular complexity index is 2340. The Morgan fingerprint density at radius 3 is 2.27 bits per heavy atom. The minimum Gasteiger partial charge on any atom is -0.453 e. The van der Waals surface area contributed by atoms with Crippen LogP contribution in [0.15, 0.2) is 60.9 Å². The number of nitrogens with zero attached hydrogens (tertiary/aromatic N) is 5. The number of H-pyrrole nitrogens is 1. The number of aromatic amines is 1. The van der Waals surface area contributed by atoms with Crippen LogP contribution in [0.2, 0.25) is 24.2 Å². The van der Waals surface area contributed by atoms with E-state index in [0.29, 0.717) is 54.3 Å². The molecule has 4 aromatic rings. The second-order valence-electron chi connectivity index (χ2n) is 18.2. The topological polar surface area (TPSA) is 162 Å². The van der Waals surface area contributed by atoms with Crippen LogP contribution in [0.1, 0.15) is 63.8 Å². The molecule has 6 rings (SSSR count). The molecule has 2 fully saturated rings. The van der Waals surface area contributed by atoms with Crippen molar-refractivity contribution >= 4 is 55.0 Å². The van der Waals surface area contributed by atoms with Crippen LogP contribution in [0, 0.1) is 11.3 Å². The summed E-state index contributed by atoms with van der Waals surface area (Å²) in [5.74, 6) is -0.373. The zero-order valence-corrected chi connectivity index (χ0v) is 38.6. The van der Waals surface area contributed by atoms with Crippen LogP contribution in [-0.4, -0.2) is 108 Å². The number of carbonyl (C=O) groups excluding carboxylic acids is 4. The maximum atomic E-state index is 13.9. The van der Waals surface area contributed by atoms with Gasteiger partial charge in [-0.2, -0.15) is 0 Å². The summed E-state index contributed by atoms with van der Waals surface area (Å²) in [5, 5.41) is 5.23. The number of imidazole rings is 1. The van der Waals surface area contributed by atoms with Crippen molar-refractivity contribution in [1.29, 1.82) is 0 Å². The summed E-state index contributed by atoms with van der Waals surface area (Å²) in [6, 6.07) is 11.8. The number of ether oxygens (including phenoxy) is 2. The summed E-state index contributed by atoms with van der Waals surface area (Å²) in [4.78, 5) is 70.4. The van der Waals surface area contributed by atoms with Crippen LogP contribution in [0.25, 0.3) is 22.4 Å². The van der Waals surface area contributed by atoms with E-state index < -0.39 is 43.6 Å². The van der Waals surface area contributed by atoms with Gasteiger partial charge in [0.1, 0.15) is 23.4 Å². The van der Waals surface area contributed by atoms with Crippen molar-refractivity contribution in [2.75, 3.05) is 43.1 Å². The largest absolute Gasteiger partial charge is 0.573 e. The molecule has 0 saturated carbocycles. The zero-order chi connectivity index (χ0) is 46.2. The van der Waals surface area contributed by atoms with Crippen molar-refractivity contribution in [2.24, 2.45) is 11.3 Å². The van der Waals surface area contributed by atoms with Gasteiger partial charge in [-0.1, -0.05) is 83.6 Å². The van der Waals surface area contributed by atoms with Crippen LogP contribution < -0.4 is 20.3 Å². The first-order valence-corrected chi connectivity index (χ1v) is 24.5. The quantitative estimate of drug-likeness (QED) is 0.133. The van der Waals surface area contributed by atoms with Gasteiger partial charge in [-0.15, -0.1) is 13.2 Å². The Labute approximate surface area is 370 Å². The first kappa shape index (κ1) is 46.9. The number of hydrogen-bond acceptors (Lipinski definition) is 9. The van der Waals surface area contributed by atoms with E-state index in [-0.39, 0.29) is 51.7 Å². The molecule has 2 aliphatic heterocycles. The molecule has 2 aliphatic rings. The number of piperazine rings is 1. The Hall–Kier alpha value is -5.62. The van der Waals surface area contributed by atoms with Crippen molar-refractivity contribution in [3.05, 3.63) is 77.3 Å². The van der Waals surface area contributed by atoms with Gasteiger partial charge in [-0.3, -0.25) is 14.4 Å². The Balaban J connectivity index is 1.18. The van der Waals surface area contributed by atoms with E-state index in [1.54, 1.807) is 47.5 Å². The molecule has 0 unspecified atom stereocenters. The maximum Gasteiger partial charge on any atom is 0.573 e. The minimum atomic E-state index is -5.06. The van der Waals surface area contributed by atoms with Crippen LogP contribution in [0.3, 0.4) is 0 Å². The number of alkyl halides is 3. The standard InChI is InChI=1S/C44H54ClF3N8O6Si/c1-25(2)37(53-42(60)61-7)40(58)56-24-63(8,9)23-34(56)38-50-21-33(51-38)28-12-10-27(11-13-28)30-18-31(45)32(19-35(30)62-44(46,47)48)52-39(57)29-14-15-36(49-20-29)55-17-16-54(22-26(55)3)41(59)43(4,5)6/h10-15,18-21,25-26,34,37H,16-17,22-24H2,1-9H3,(H,50,51)(H,52,57)(H,53,60)/t26-,34+,37+/m1/s1. The molecule has 2 aromatic carbocycles. The lowest BCUT2D eigenvalue weighted by molar-refractivity contribution is -0.274. The van der Waals surface area contributed by atoms with E-state index in [0.717, 1.165) is 12.1 Å². The van der Waals surface area contributed by atoms with Gasteiger partial charge in [0.15, 0.2) is 0 Å². The number of nitrogens with one attached hydrogen (secondary N) is 3. The van der Waals surface area contributed by atoms with Crippen molar-refractivity contribution in [3.8, 4) is 28.1 Å². The fourth-order valence-corrected chi connectivity index (χ4v) is 11.1. The molecule has 0 bridgehead atoms. The number of alkyl carbamates (subject to hydrolysis) is 1. The number of rotatable bonds is 10. The summed E-state index contributed by atoms with van der Waals surface area (Å²) in [7, 11) is -0.626. The third-order valence-electron chi connectivity index (χ3n) is 11.2. The first-order chi connectivity index (χ1) is 29.4. The predicted octanol–water partition coefficient (Wildman–Crippen LogP) is 8.54. The second kappa shape index (κ2) is 18.2. The Kier molecular flexibility index (Phi) is 13.6. The summed E-state index contributed by atoms with van der Waals surface area (Å²) in [6.07, 6.45) is -2.09. The van der Waals surface area contributed by atoms with E-state index in [1.807, 2.05) is 46.4 Å². The molecule has 3 atom stereocenters. The second-order valence-corrected chi connectivity index (χ2v) is 23.7. The van der Waals surface area contributed by atoms with E-state index in [9.17, 15) is 32.3 Å². The maximum absolute atomic E-state index is 13.9. The highest BCUT2D eigenvalue weighted by Gasteiger charge is 2.46. The molecule has 4 amide bonds. The van der Waals surface area contributed by atoms with E-state index in [4.69, 9.17) is 21.3 Å². The number of aromatic nitrogens is 3. The number of carbonyl (C=O) groups is 4. The molecular formula is C44H54ClF3N8O6Si. The molecule has 2 saturated heterocycles. The fourth-order valence-electron chi connectivity index (χ4n) is 8.02. The number of benzene rings is 2. The molecule has 0 spiro atoms. The van der Waals surface area contributed by atoms with Crippen molar-refractivity contribution in [1.82, 2.24) is 30.1 Å². The van der Waals surface area contributed by atoms with Gasteiger partial charge in [0.2, 0.25) is 11.8 Å².